The number of hydrogen-bond acceptors (Lipinski definition) is 4. The monoisotopic (exact) mass is 330 g/mol. The molecular formula is C17H16ClFN4. The van der Waals surface area contributed by atoms with Crippen molar-refractivity contribution in [3.63, 3.8) is 0 Å². The van der Waals surface area contributed by atoms with Gasteiger partial charge in [0.2, 0.25) is 5.95 Å². The zero-order valence-electron chi connectivity index (χ0n) is 12.6. The van der Waals surface area contributed by atoms with Gasteiger partial charge in [0.25, 0.3) is 0 Å². The fourth-order valence-electron chi connectivity index (χ4n) is 2.21. The Labute approximate surface area is 138 Å². The number of nitrogens with zero attached hydrogens (tertiary/aromatic N) is 2. The van der Waals surface area contributed by atoms with Gasteiger partial charge in [0.05, 0.1) is 10.5 Å². The third-order valence-electron chi connectivity index (χ3n) is 3.32. The molecule has 23 heavy (non-hydrogen) atoms. The second-order valence-electron chi connectivity index (χ2n) is 5.09. The largest absolute Gasteiger partial charge is 0.369 e. The van der Waals surface area contributed by atoms with Crippen LogP contribution in [0.1, 0.15) is 13.3 Å². The van der Waals surface area contributed by atoms with Crippen molar-refractivity contribution in [1.29, 1.82) is 0 Å². The Hall–Kier alpha value is -2.40. The number of halogens is 2. The summed E-state index contributed by atoms with van der Waals surface area (Å²) in [5, 5.41) is 7.39. The summed E-state index contributed by atoms with van der Waals surface area (Å²) < 4.78 is 13.2. The van der Waals surface area contributed by atoms with Crippen molar-refractivity contribution in [3.8, 4) is 0 Å². The second-order valence-corrected chi connectivity index (χ2v) is 5.50. The molecule has 1 heterocycles. The minimum Gasteiger partial charge on any atom is -0.369 e. The second kappa shape index (κ2) is 6.79. The van der Waals surface area contributed by atoms with Gasteiger partial charge in [0.1, 0.15) is 11.6 Å². The average Bonchev–Trinajstić information content (AvgIpc) is 2.56. The Balaban J connectivity index is 1.98. The first-order chi connectivity index (χ1) is 11.2. The average molecular weight is 331 g/mol. The van der Waals surface area contributed by atoms with Crippen molar-refractivity contribution < 1.29 is 4.39 Å². The Kier molecular flexibility index (Phi) is 4.57. The fraction of sp³-hybridized carbons (Fsp3) is 0.176. The highest BCUT2D eigenvalue weighted by Crippen LogP contribution is 2.25. The SMILES string of the molecule is CCCNc1nc(Nc2ccc(F)c(Cl)c2)nc2ccccc12. The number of nitrogens with one attached hydrogen (secondary N) is 2. The highest BCUT2D eigenvalue weighted by atomic mass is 35.5. The third kappa shape index (κ3) is 3.51. The van der Waals surface area contributed by atoms with Gasteiger partial charge in [-0.2, -0.15) is 4.98 Å². The summed E-state index contributed by atoms with van der Waals surface area (Å²) in [6.07, 6.45) is 0.995. The molecule has 0 spiro atoms. The van der Waals surface area contributed by atoms with E-state index in [0.29, 0.717) is 11.6 Å². The van der Waals surface area contributed by atoms with E-state index in [1.807, 2.05) is 24.3 Å². The van der Waals surface area contributed by atoms with E-state index in [-0.39, 0.29) is 5.02 Å². The van der Waals surface area contributed by atoms with Gasteiger partial charge in [0, 0.05) is 17.6 Å². The molecule has 6 heteroatoms. The van der Waals surface area contributed by atoms with E-state index in [9.17, 15) is 4.39 Å². The lowest BCUT2D eigenvalue weighted by Gasteiger charge is -2.11. The van der Waals surface area contributed by atoms with Crippen LogP contribution in [0.5, 0.6) is 0 Å². The maximum Gasteiger partial charge on any atom is 0.229 e. The van der Waals surface area contributed by atoms with E-state index in [4.69, 9.17) is 11.6 Å². The van der Waals surface area contributed by atoms with Crippen LogP contribution in [0.25, 0.3) is 10.9 Å². The van der Waals surface area contributed by atoms with Crippen molar-refractivity contribution in [3.05, 3.63) is 53.3 Å². The zero-order valence-corrected chi connectivity index (χ0v) is 13.4. The highest BCUT2D eigenvalue weighted by molar-refractivity contribution is 6.31. The van der Waals surface area contributed by atoms with Crippen LogP contribution in [0.2, 0.25) is 5.02 Å². The molecule has 0 aliphatic rings. The molecule has 3 rings (SSSR count). The molecule has 2 N–H and O–H groups in total. The van der Waals surface area contributed by atoms with Crippen LogP contribution < -0.4 is 10.6 Å². The smallest absolute Gasteiger partial charge is 0.229 e. The van der Waals surface area contributed by atoms with Crippen LogP contribution in [0.4, 0.5) is 21.8 Å². The van der Waals surface area contributed by atoms with Gasteiger partial charge in [-0.1, -0.05) is 30.7 Å². The molecule has 0 aliphatic carbocycles. The first-order valence-corrected chi connectivity index (χ1v) is 7.78. The lowest BCUT2D eigenvalue weighted by molar-refractivity contribution is 0.628. The van der Waals surface area contributed by atoms with E-state index in [1.165, 1.54) is 12.1 Å². The molecule has 3 aromatic rings. The molecule has 2 aromatic carbocycles. The van der Waals surface area contributed by atoms with E-state index in [1.54, 1.807) is 6.07 Å². The van der Waals surface area contributed by atoms with Crippen molar-refractivity contribution in [2.75, 3.05) is 17.2 Å². The Morgan fingerprint density at radius 2 is 1.96 bits per heavy atom. The number of benzene rings is 2. The van der Waals surface area contributed by atoms with Gasteiger partial charge in [-0.3, -0.25) is 0 Å². The lowest BCUT2D eigenvalue weighted by atomic mass is 10.2. The van der Waals surface area contributed by atoms with Gasteiger partial charge >= 0.3 is 0 Å². The normalized spacial score (nSPS) is 10.7. The fourth-order valence-corrected chi connectivity index (χ4v) is 2.39. The number of fused-ring (bicyclic) bond motifs is 1. The van der Waals surface area contributed by atoms with Crippen LogP contribution in [-0.4, -0.2) is 16.5 Å². The molecule has 1 aromatic heterocycles. The quantitative estimate of drug-likeness (QED) is 0.692. The summed E-state index contributed by atoms with van der Waals surface area (Å²) in [6.45, 7) is 2.92. The van der Waals surface area contributed by atoms with E-state index in [2.05, 4.69) is 27.5 Å². The Morgan fingerprint density at radius 1 is 1.13 bits per heavy atom. The van der Waals surface area contributed by atoms with Crippen LogP contribution in [0, 0.1) is 5.82 Å². The van der Waals surface area contributed by atoms with E-state index in [0.717, 1.165) is 29.7 Å². The maximum absolute atomic E-state index is 13.2. The van der Waals surface area contributed by atoms with Gasteiger partial charge in [-0.25, -0.2) is 9.37 Å². The lowest BCUT2D eigenvalue weighted by Crippen LogP contribution is -2.06. The predicted octanol–water partition coefficient (Wildman–Crippen LogP) is 4.99. The Morgan fingerprint density at radius 3 is 2.74 bits per heavy atom. The van der Waals surface area contributed by atoms with E-state index >= 15 is 0 Å². The summed E-state index contributed by atoms with van der Waals surface area (Å²) in [5.41, 5.74) is 1.46. The maximum atomic E-state index is 13.2. The number of aromatic nitrogens is 2. The molecule has 0 atom stereocenters. The molecule has 0 unspecified atom stereocenters. The van der Waals surface area contributed by atoms with Gasteiger partial charge in [-0.05, 0) is 36.8 Å². The van der Waals surface area contributed by atoms with Crippen molar-refractivity contribution >= 4 is 40.0 Å². The van der Waals surface area contributed by atoms with Crippen LogP contribution in [-0.2, 0) is 0 Å². The van der Waals surface area contributed by atoms with Gasteiger partial charge in [0.15, 0.2) is 0 Å². The van der Waals surface area contributed by atoms with E-state index < -0.39 is 5.82 Å². The molecule has 0 saturated carbocycles. The van der Waals surface area contributed by atoms with Crippen molar-refractivity contribution in [2.24, 2.45) is 0 Å². The Bertz CT molecular complexity index is 838. The first kappa shape index (κ1) is 15.5. The molecule has 0 amide bonds. The third-order valence-corrected chi connectivity index (χ3v) is 3.61. The summed E-state index contributed by atoms with van der Waals surface area (Å²) in [4.78, 5) is 9.01. The molecule has 0 aliphatic heterocycles. The summed E-state index contributed by atoms with van der Waals surface area (Å²) in [7, 11) is 0. The molecule has 0 radical (unpaired) electrons. The van der Waals surface area contributed by atoms with Gasteiger partial charge in [-0.15, -0.1) is 0 Å². The zero-order chi connectivity index (χ0) is 16.2. The topological polar surface area (TPSA) is 49.8 Å². The standard InChI is InChI=1S/C17H16ClFN4/c1-2-9-20-16-12-5-3-4-6-15(12)22-17(23-16)21-11-7-8-14(19)13(18)10-11/h3-8,10H,2,9H2,1H3,(H2,20,21,22,23). The minimum absolute atomic E-state index is 0.0557. The number of hydrogen-bond donors (Lipinski definition) is 2. The number of anilines is 3. The van der Waals surface area contributed by atoms with Crippen LogP contribution in [0.3, 0.4) is 0 Å². The molecule has 0 fully saturated rings. The van der Waals surface area contributed by atoms with Crippen LogP contribution in [0.15, 0.2) is 42.5 Å². The first-order valence-electron chi connectivity index (χ1n) is 7.40. The predicted molar refractivity (Wildman–Crippen MR) is 93.0 cm³/mol. The summed E-state index contributed by atoms with van der Waals surface area (Å²) in [5.74, 6) is 0.750. The summed E-state index contributed by atoms with van der Waals surface area (Å²) >= 11 is 5.81. The highest BCUT2D eigenvalue weighted by Gasteiger charge is 2.08. The van der Waals surface area contributed by atoms with Crippen molar-refractivity contribution in [1.82, 2.24) is 9.97 Å². The molecule has 4 nitrogen and oxygen atoms in total. The molecule has 118 valence electrons. The van der Waals surface area contributed by atoms with Crippen LogP contribution >= 0.6 is 11.6 Å². The summed E-state index contributed by atoms with van der Waals surface area (Å²) in [6, 6.07) is 12.2. The number of para-hydroxylation sites is 1. The van der Waals surface area contributed by atoms with Gasteiger partial charge < -0.3 is 10.6 Å². The molecule has 0 bridgehead atoms. The number of rotatable bonds is 5. The minimum atomic E-state index is -0.457. The molecular weight excluding hydrogens is 315 g/mol. The van der Waals surface area contributed by atoms with Crippen molar-refractivity contribution in [2.45, 2.75) is 13.3 Å². The molecule has 0 saturated heterocycles.